The number of nitrogens with zero attached hydrogens (tertiary/aromatic N) is 1. The number of hydrogen-bond donors (Lipinski definition) is 1. The smallest absolute Gasteiger partial charge is 0.0594 e. The fraction of sp³-hybridized carbons (Fsp3) is 0.538. The van der Waals surface area contributed by atoms with Gasteiger partial charge in [-0.2, -0.15) is 0 Å². The van der Waals surface area contributed by atoms with Gasteiger partial charge in [-0.25, -0.2) is 0 Å². The fourth-order valence-corrected chi connectivity index (χ4v) is 1.95. The number of rotatable bonds is 4. The molecule has 1 saturated heterocycles. The Labute approximate surface area is 97.2 Å². The monoisotopic (exact) mass is 220 g/mol. The van der Waals surface area contributed by atoms with Crippen molar-refractivity contribution < 1.29 is 4.74 Å². The molecule has 1 aliphatic rings. The van der Waals surface area contributed by atoms with Crippen molar-refractivity contribution in [3.05, 3.63) is 35.4 Å². The molecule has 2 N–H and O–H groups in total. The Balaban J connectivity index is 1.79. The summed E-state index contributed by atoms with van der Waals surface area (Å²) >= 11 is 0. The topological polar surface area (TPSA) is 38.5 Å². The van der Waals surface area contributed by atoms with E-state index in [9.17, 15) is 0 Å². The minimum absolute atomic E-state index is 0.629. The number of morpholine rings is 1. The molecule has 1 aliphatic heterocycles. The lowest BCUT2D eigenvalue weighted by Crippen LogP contribution is -2.37. The molecule has 16 heavy (non-hydrogen) atoms. The van der Waals surface area contributed by atoms with Crippen LogP contribution in [0.2, 0.25) is 0 Å². The van der Waals surface area contributed by atoms with E-state index in [1.54, 1.807) is 0 Å². The molecule has 1 aromatic carbocycles. The quantitative estimate of drug-likeness (QED) is 0.823. The van der Waals surface area contributed by atoms with Gasteiger partial charge in [-0.1, -0.05) is 24.3 Å². The zero-order valence-corrected chi connectivity index (χ0v) is 9.69. The largest absolute Gasteiger partial charge is 0.379 e. The molecule has 0 spiro atoms. The maximum Gasteiger partial charge on any atom is 0.0594 e. The summed E-state index contributed by atoms with van der Waals surface area (Å²) in [7, 11) is 0. The normalized spacial score (nSPS) is 17.6. The Hall–Kier alpha value is -0.900. The van der Waals surface area contributed by atoms with Gasteiger partial charge in [0.1, 0.15) is 0 Å². The maximum absolute atomic E-state index is 5.57. The van der Waals surface area contributed by atoms with E-state index >= 15 is 0 Å². The number of nitrogens with two attached hydrogens (primary N) is 1. The fourth-order valence-electron chi connectivity index (χ4n) is 1.95. The van der Waals surface area contributed by atoms with Gasteiger partial charge in [0, 0.05) is 26.2 Å². The van der Waals surface area contributed by atoms with Crippen LogP contribution in [0.25, 0.3) is 0 Å². The zero-order chi connectivity index (χ0) is 11.2. The van der Waals surface area contributed by atoms with Crippen molar-refractivity contribution >= 4 is 0 Å². The summed E-state index contributed by atoms with van der Waals surface area (Å²) in [5.41, 5.74) is 8.16. The van der Waals surface area contributed by atoms with Crippen molar-refractivity contribution in [2.75, 3.05) is 32.8 Å². The highest BCUT2D eigenvalue weighted by molar-refractivity contribution is 5.22. The van der Waals surface area contributed by atoms with Crippen LogP contribution < -0.4 is 5.73 Å². The lowest BCUT2D eigenvalue weighted by Gasteiger charge is -2.26. The second kappa shape index (κ2) is 5.99. The van der Waals surface area contributed by atoms with Gasteiger partial charge in [0.2, 0.25) is 0 Å². The third-order valence-electron chi connectivity index (χ3n) is 3.08. The average Bonchev–Trinajstić information content (AvgIpc) is 2.38. The van der Waals surface area contributed by atoms with Crippen molar-refractivity contribution in [3.63, 3.8) is 0 Å². The molecule has 1 heterocycles. The van der Waals surface area contributed by atoms with E-state index in [-0.39, 0.29) is 0 Å². The Kier molecular flexibility index (Phi) is 4.34. The molecule has 0 unspecified atom stereocenters. The van der Waals surface area contributed by atoms with Crippen molar-refractivity contribution in [2.45, 2.75) is 13.0 Å². The molecule has 0 amide bonds. The molecule has 0 radical (unpaired) electrons. The highest BCUT2D eigenvalue weighted by Gasteiger charge is 2.09. The molecular weight excluding hydrogens is 200 g/mol. The molecule has 0 atom stereocenters. The number of hydrogen-bond acceptors (Lipinski definition) is 3. The summed E-state index contributed by atoms with van der Waals surface area (Å²) in [6.07, 6.45) is 1.12. The third-order valence-corrected chi connectivity index (χ3v) is 3.08. The highest BCUT2D eigenvalue weighted by atomic mass is 16.5. The van der Waals surface area contributed by atoms with Crippen LogP contribution in [0.1, 0.15) is 11.1 Å². The SMILES string of the molecule is NCc1ccc(CCN2CCOCC2)cc1. The Morgan fingerprint density at radius 2 is 1.69 bits per heavy atom. The lowest BCUT2D eigenvalue weighted by atomic mass is 10.1. The first-order valence-electron chi connectivity index (χ1n) is 5.96. The second-order valence-corrected chi connectivity index (χ2v) is 4.22. The van der Waals surface area contributed by atoms with Gasteiger partial charge in [0.15, 0.2) is 0 Å². The Bertz CT molecular complexity index is 304. The number of ether oxygens (including phenoxy) is 1. The van der Waals surface area contributed by atoms with Gasteiger partial charge in [-0.3, -0.25) is 4.90 Å². The standard InChI is InChI=1S/C13H20N2O/c14-11-13-3-1-12(2-4-13)5-6-15-7-9-16-10-8-15/h1-4H,5-11,14H2. The Morgan fingerprint density at radius 3 is 2.31 bits per heavy atom. The van der Waals surface area contributed by atoms with Crippen LogP contribution in [0.5, 0.6) is 0 Å². The van der Waals surface area contributed by atoms with E-state index in [0.717, 1.165) is 39.3 Å². The molecule has 0 aromatic heterocycles. The Morgan fingerprint density at radius 1 is 1.06 bits per heavy atom. The van der Waals surface area contributed by atoms with E-state index in [1.807, 2.05) is 0 Å². The molecule has 0 bridgehead atoms. The van der Waals surface area contributed by atoms with Gasteiger partial charge < -0.3 is 10.5 Å². The average molecular weight is 220 g/mol. The first kappa shape index (κ1) is 11.6. The second-order valence-electron chi connectivity index (χ2n) is 4.22. The van der Waals surface area contributed by atoms with Gasteiger partial charge in [-0.05, 0) is 17.5 Å². The van der Waals surface area contributed by atoms with Crippen LogP contribution >= 0.6 is 0 Å². The summed E-state index contributed by atoms with van der Waals surface area (Å²) in [5.74, 6) is 0. The van der Waals surface area contributed by atoms with E-state index in [0.29, 0.717) is 6.54 Å². The zero-order valence-electron chi connectivity index (χ0n) is 9.69. The molecule has 3 nitrogen and oxygen atoms in total. The highest BCUT2D eigenvalue weighted by Crippen LogP contribution is 2.06. The molecule has 0 saturated carbocycles. The van der Waals surface area contributed by atoms with Crippen molar-refractivity contribution in [1.82, 2.24) is 4.90 Å². The van der Waals surface area contributed by atoms with Crippen molar-refractivity contribution in [3.8, 4) is 0 Å². The maximum atomic E-state index is 5.57. The molecule has 2 rings (SSSR count). The van der Waals surface area contributed by atoms with Crippen LogP contribution in [0.4, 0.5) is 0 Å². The van der Waals surface area contributed by atoms with E-state index < -0.39 is 0 Å². The molecule has 0 aliphatic carbocycles. The first-order chi connectivity index (χ1) is 7.88. The molecule has 88 valence electrons. The summed E-state index contributed by atoms with van der Waals surface area (Å²) < 4.78 is 5.33. The van der Waals surface area contributed by atoms with Crippen LogP contribution in [-0.2, 0) is 17.7 Å². The minimum Gasteiger partial charge on any atom is -0.379 e. The molecule has 1 fully saturated rings. The van der Waals surface area contributed by atoms with Crippen molar-refractivity contribution in [1.29, 1.82) is 0 Å². The van der Waals surface area contributed by atoms with Gasteiger partial charge in [0.05, 0.1) is 13.2 Å². The minimum atomic E-state index is 0.629. The lowest BCUT2D eigenvalue weighted by molar-refractivity contribution is 0.0384. The predicted octanol–water partition coefficient (Wildman–Crippen LogP) is 1.02. The molecule has 3 heteroatoms. The van der Waals surface area contributed by atoms with E-state index in [1.165, 1.54) is 11.1 Å². The predicted molar refractivity (Wildman–Crippen MR) is 65.3 cm³/mol. The summed E-state index contributed by atoms with van der Waals surface area (Å²) in [5, 5.41) is 0. The van der Waals surface area contributed by atoms with E-state index in [2.05, 4.69) is 29.2 Å². The summed E-state index contributed by atoms with van der Waals surface area (Å²) in [6.45, 7) is 5.66. The first-order valence-corrected chi connectivity index (χ1v) is 5.96. The third kappa shape index (κ3) is 3.30. The molecular formula is C13H20N2O. The van der Waals surface area contributed by atoms with Crippen LogP contribution in [0.15, 0.2) is 24.3 Å². The van der Waals surface area contributed by atoms with Gasteiger partial charge >= 0.3 is 0 Å². The molecule has 1 aromatic rings. The summed E-state index contributed by atoms with van der Waals surface area (Å²) in [6, 6.07) is 8.61. The van der Waals surface area contributed by atoms with Gasteiger partial charge in [0.25, 0.3) is 0 Å². The van der Waals surface area contributed by atoms with Crippen LogP contribution in [0, 0.1) is 0 Å². The van der Waals surface area contributed by atoms with E-state index in [4.69, 9.17) is 10.5 Å². The summed E-state index contributed by atoms with van der Waals surface area (Å²) in [4.78, 5) is 2.46. The van der Waals surface area contributed by atoms with Crippen LogP contribution in [-0.4, -0.2) is 37.7 Å². The van der Waals surface area contributed by atoms with Crippen LogP contribution in [0.3, 0.4) is 0 Å². The van der Waals surface area contributed by atoms with Crippen molar-refractivity contribution in [2.24, 2.45) is 5.73 Å². The number of benzene rings is 1. The van der Waals surface area contributed by atoms with Gasteiger partial charge in [-0.15, -0.1) is 0 Å².